The summed E-state index contributed by atoms with van der Waals surface area (Å²) in [6.45, 7) is 0. The van der Waals surface area contributed by atoms with Crippen LogP contribution in [0.5, 0.6) is 0 Å². The highest BCUT2D eigenvalue weighted by atomic mass is 19.4. The van der Waals surface area contributed by atoms with Crippen LogP contribution in [-0.2, 0) is 6.18 Å². The van der Waals surface area contributed by atoms with Gasteiger partial charge in [-0.1, -0.05) is 0 Å². The quantitative estimate of drug-likeness (QED) is 0.504. The van der Waals surface area contributed by atoms with E-state index in [4.69, 9.17) is 0 Å². The summed E-state index contributed by atoms with van der Waals surface area (Å²) in [5.41, 5.74) is -1.73. The normalized spacial score (nSPS) is 11.3. The Morgan fingerprint density at radius 1 is 1.46 bits per heavy atom. The van der Waals surface area contributed by atoms with Crippen molar-refractivity contribution < 1.29 is 18.1 Å². The van der Waals surface area contributed by atoms with Gasteiger partial charge in [0.05, 0.1) is 16.6 Å². The van der Waals surface area contributed by atoms with Crippen molar-refractivity contribution in [3.63, 3.8) is 0 Å². The maximum atomic E-state index is 12.0. The molecule has 69 valence electrons. The average molecular weight is 190 g/mol. The predicted octanol–water partition coefficient (Wildman–Crippen LogP) is 2.41. The molecule has 3 nitrogen and oxygen atoms in total. The summed E-state index contributed by atoms with van der Waals surface area (Å²) in [4.78, 5) is 9.17. The second-order valence-corrected chi connectivity index (χ2v) is 2.22. The van der Waals surface area contributed by atoms with E-state index in [-0.39, 0.29) is 0 Å². The molecule has 0 unspecified atom stereocenters. The van der Waals surface area contributed by atoms with Gasteiger partial charge in [0.1, 0.15) is 0 Å². The fourth-order valence-corrected chi connectivity index (χ4v) is 0.736. The minimum atomic E-state index is -4.56. The first-order valence-corrected chi connectivity index (χ1v) is 3.14. The van der Waals surface area contributed by atoms with Crippen LogP contribution in [0.25, 0.3) is 0 Å². The van der Waals surface area contributed by atoms with Crippen molar-refractivity contribution >= 4 is 5.69 Å². The molecule has 0 atom stereocenters. The van der Waals surface area contributed by atoms with E-state index >= 15 is 0 Å². The third-order valence-corrected chi connectivity index (χ3v) is 1.31. The Morgan fingerprint density at radius 3 is 2.54 bits per heavy atom. The molecule has 0 N–H and O–H groups in total. The van der Waals surface area contributed by atoms with Crippen LogP contribution in [-0.4, -0.2) is 4.92 Å². The Morgan fingerprint density at radius 2 is 2.08 bits per heavy atom. The lowest BCUT2D eigenvalue weighted by molar-refractivity contribution is -0.385. The van der Waals surface area contributed by atoms with E-state index in [1.54, 1.807) is 0 Å². The van der Waals surface area contributed by atoms with Gasteiger partial charge >= 0.3 is 6.18 Å². The van der Waals surface area contributed by atoms with Gasteiger partial charge in [0.25, 0.3) is 5.69 Å². The summed E-state index contributed by atoms with van der Waals surface area (Å²) < 4.78 is 36.0. The van der Waals surface area contributed by atoms with E-state index in [2.05, 4.69) is 6.07 Å². The van der Waals surface area contributed by atoms with E-state index in [1.807, 2.05) is 0 Å². The summed E-state index contributed by atoms with van der Waals surface area (Å²) in [7, 11) is 0. The van der Waals surface area contributed by atoms with Crippen LogP contribution in [0, 0.1) is 16.2 Å². The maximum absolute atomic E-state index is 12.0. The zero-order valence-corrected chi connectivity index (χ0v) is 6.13. The average Bonchev–Trinajstić information content (AvgIpc) is 2.03. The van der Waals surface area contributed by atoms with Crippen molar-refractivity contribution in [3.05, 3.63) is 39.9 Å². The van der Waals surface area contributed by atoms with E-state index in [1.165, 1.54) is 0 Å². The monoisotopic (exact) mass is 190 g/mol. The zero-order chi connectivity index (χ0) is 10.1. The second kappa shape index (κ2) is 3.04. The number of hydrogen-bond acceptors (Lipinski definition) is 2. The Bertz CT molecular complexity index is 335. The SMILES string of the molecule is O=[N+]([O-])c1[c]ccc(C(F)(F)F)c1. The van der Waals surface area contributed by atoms with Crippen LogP contribution < -0.4 is 0 Å². The standard InChI is InChI=1S/C7H3F3NO2/c8-7(9,10)5-2-1-3-6(4-5)11(12)13/h1-2,4H. The van der Waals surface area contributed by atoms with Crippen molar-refractivity contribution in [1.29, 1.82) is 0 Å². The van der Waals surface area contributed by atoms with Gasteiger partial charge < -0.3 is 0 Å². The molecule has 0 aliphatic rings. The van der Waals surface area contributed by atoms with Gasteiger partial charge in [0, 0.05) is 6.07 Å². The highest BCUT2D eigenvalue weighted by molar-refractivity contribution is 5.34. The minimum Gasteiger partial charge on any atom is -0.258 e. The fraction of sp³-hybridized carbons (Fsp3) is 0.143. The first-order valence-electron chi connectivity index (χ1n) is 3.14. The van der Waals surface area contributed by atoms with Crippen LogP contribution in [0.1, 0.15) is 5.56 Å². The zero-order valence-electron chi connectivity index (χ0n) is 6.13. The Balaban J connectivity index is 3.13. The minimum absolute atomic E-state index is 0.444. The van der Waals surface area contributed by atoms with Crippen LogP contribution in [0.2, 0.25) is 0 Å². The lowest BCUT2D eigenvalue weighted by atomic mass is 10.2. The summed E-state index contributed by atoms with van der Waals surface area (Å²) in [6, 6.07) is 4.13. The maximum Gasteiger partial charge on any atom is 0.416 e. The summed E-state index contributed by atoms with van der Waals surface area (Å²) in [6.07, 6.45) is -4.56. The molecule has 1 aromatic rings. The van der Waals surface area contributed by atoms with Gasteiger partial charge in [0.15, 0.2) is 0 Å². The third-order valence-electron chi connectivity index (χ3n) is 1.31. The second-order valence-electron chi connectivity index (χ2n) is 2.22. The first-order chi connectivity index (χ1) is 5.91. The van der Waals surface area contributed by atoms with Crippen LogP contribution >= 0.6 is 0 Å². The number of rotatable bonds is 1. The molecule has 0 saturated heterocycles. The molecule has 0 bridgehead atoms. The van der Waals surface area contributed by atoms with E-state index in [0.29, 0.717) is 6.07 Å². The molecule has 0 fully saturated rings. The molecule has 1 aromatic carbocycles. The van der Waals surface area contributed by atoms with E-state index in [0.717, 1.165) is 12.1 Å². The van der Waals surface area contributed by atoms with Gasteiger partial charge in [-0.3, -0.25) is 10.1 Å². The highest BCUT2D eigenvalue weighted by Gasteiger charge is 2.31. The number of hydrogen-bond donors (Lipinski definition) is 0. The number of nitro benzene ring substituents is 1. The number of halogens is 3. The van der Waals surface area contributed by atoms with Crippen molar-refractivity contribution in [1.82, 2.24) is 0 Å². The van der Waals surface area contributed by atoms with Crippen LogP contribution in [0.4, 0.5) is 18.9 Å². The molecule has 0 heterocycles. The fourth-order valence-electron chi connectivity index (χ4n) is 0.736. The number of non-ortho nitro benzene ring substituents is 1. The molecular formula is C7H3F3NO2. The summed E-state index contributed by atoms with van der Waals surface area (Å²) in [5, 5.41) is 10.1. The number of alkyl halides is 3. The smallest absolute Gasteiger partial charge is 0.258 e. The Labute approximate surface area is 70.9 Å². The molecule has 6 heteroatoms. The lowest BCUT2D eigenvalue weighted by Crippen LogP contribution is -2.05. The molecule has 13 heavy (non-hydrogen) atoms. The predicted molar refractivity (Wildman–Crippen MR) is 36.9 cm³/mol. The molecule has 0 saturated carbocycles. The first kappa shape index (κ1) is 9.50. The summed E-state index contributed by atoms with van der Waals surface area (Å²) >= 11 is 0. The van der Waals surface area contributed by atoms with E-state index in [9.17, 15) is 23.3 Å². The number of nitrogens with zero attached hydrogens (tertiary/aromatic N) is 1. The molecular weight excluding hydrogens is 187 g/mol. The third kappa shape index (κ3) is 2.17. The topological polar surface area (TPSA) is 43.1 Å². The van der Waals surface area contributed by atoms with Gasteiger partial charge in [0.2, 0.25) is 0 Å². The Kier molecular flexibility index (Phi) is 2.22. The van der Waals surface area contributed by atoms with Gasteiger partial charge in [-0.25, -0.2) is 0 Å². The van der Waals surface area contributed by atoms with Crippen molar-refractivity contribution in [3.8, 4) is 0 Å². The number of benzene rings is 1. The van der Waals surface area contributed by atoms with Crippen molar-refractivity contribution in [2.45, 2.75) is 6.18 Å². The van der Waals surface area contributed by atoms with Gasteiger partial charge in [-0.15, -0.1) is 0 Å². The largest absolute Gasteiger partial charge is 0.416 e. The molecule has 0 spiro atoms. The van der Waals surface area contributed by atoms with Crippen molar-refractivity contribution in [2.75, 3.05) is 0 Å². The van der Waals surface area contributed by atoms with Gasteiger partial charge in [-0.2, -0.15) is 13.2 Å². The molecule has 0 aliphatic carbocycles. The van der Waals surface area contributed by atoms with Crippen LogP contribution in [0.15, 0.2) is 18.2 Å². The molecule has 1 radical (unpaired) electrons. The van der Waals surface area contributed by atoms with Crippen LogP contribution in [0.3, 0.4) is 0 Å². The molecule has 0 aliphatic heterocycles. The summed E-state index contributed by atoms with van der Waals surface area (Å²) in [5.74, 6) is 0. The Hall–Kier alpha value is -1.59. The highest BCUT2D eigenvalue weighted by Crippen LogP contribution is 2.30. The van der Waals surface area contributed by atoms with E-state index < -0.39 is 22.4 Å². The molecule has 0 amide bonds. The van der Waals surface area contributed by atoms with Gasteiger partial charge in [-0.05, 0) is 12.1 Å². The number of nitro groups is 1. The molecule has 0 aromatic heterocycles. The lowest BCUT2D eigenvalue weighted by Gasteiger charge is -2.04. The molecule has 1 rings (SSSR count). The van der Waals surface area contributed by atoms with Crippen molar-refractivity contribution in [2.24, 2.45) is 0 Å².